The van der Waals surface area contributed by atoms with E-state index < -0.39 is 0 Å². The first-order valence-corrected chi connectivity index (χ1v) is 6.20. The summed E-state index contributed by atoms with van der Waals surface area (Å²) in [5.41, 5.74) is 0.907. The van der Waals surface area contributed by atoms with Crippen LogP contribution in [0.1, 0.15) is 19.7 Å². The molecule has 2 rings (SSSR count). The Morgan fingerprint density at radius 2 is 2.21 bits per heavy atom. The van der Waals surface area contributed by atoms with Gasteiger partial charge in [-0.2, -0.15) is 0 Å². The van der Waals surface area contributed by atoms with Gasteiger partial charge in [-0.3, -0.25) is 0 Å². The van der Waals surface area contributed by atoms with E-state index in [9.17, 15) is 4.39 Å². The van der Waals surface area contributed by atoms with Crippen molar-refractivity contribution in [3.63, 3.8) is 0 Å². The third-order valence-electron chi connectivity index (χ3n) is 2.96. The summed E-state index contributed by atoms with van der Waals surface area (Å²) in [6, 6.07) is 5.14. The molecule has 5 heteroatoms. The zero-order chi connectivity index (χ0) is 13.8. The van der Waals surface area contributed by atoms with E-state index in [1.54, 1.807) is 24.5 Å². The molecule has 0 spiro atoms. The van der Waals surface area contributed by atoms with Crippen LogP contribution < -0.4 is 9.64 Å². The highest BCUT2D eigenvalue weighted by molar-refractivity contribution is 5.52. The van der Waals surface area contributed by atoms with Crippen molar-refractivity contribution >= 4 is 5.69 Å². The van der Waals surface area contributed by atoms with E-state index in [2.05, 4.69) is 28.7 Å². The van der Waals surface area contributed by atoms with Gasteiger partial charge in [-0.15, -0.1) is 0 Å². The van der Waals surface area contributed by atoms with Crippen molar-refractivity contribution in [3.05, 3.63) is 42.2 Å². The Morgan fingerprint density at radius 1 is 1.42 bits per heavy atom. The molecule has 102 valence electrons. The Hall–Kier alpha value is -2.04. The quantitative estimate of drug-likeness (QED) is 0.901. The van der Waals surface area contributed by atoms with E-state index in [1.807, 2.05) is 0 Å². The number of rotatable bonds is 5. The maximum absolute atomic E-state index is 13.4. The molecule has 0 aliphatic heterocycles. The van der Waals surface area contributed by atoms with Crippen LogP contribution in [0.4, 0.5) is 10.1 Å². The molecule has 0 amide bonds. The number of hydrogen-bond donors (Lipinski definition) is 1. The van der Waals surface area contributed by atoms with Crippen molar-refractivity contribution in [1.82, 2.24) is 9.97 Å². The summed E-state index contributed by atoms with van der Waals surface area (Å²) in [5, 5.41) is 0. The van der Waals surface area contributed by atoms with E-state index in [-0.39, 0.29) is 17.6 Å². The molecule has 0 bridgehead atoms. The second-order valence-corrected chi connectivity index (χ2v) is 4.58. The van der Waals surface area contributed by atoms with Gasteiger partial charge in [0.1, 0.15) is 5.82 Å². The molecule has 0 aliphatic carbocycles. The molecule has 0 aliphatic rings. The molecule has 0 atom stereocenters. The summed E-state index contributed by atoms with van der Waals surface area (Å²) < 4.78 is 18.5. The molecular formula is C14H18FN3O. The maximum atomic E-state index is 13.4. The Bertz CT molecular complexity index is 525. The number of imidazole rings is 1. The highest BCUT2D eigenvalue weighted by Gasteiger charge is 2.14. The van der Waals surface area contributed by atoms with Crippen LogP contribution in [-0.2, 0) is 6.54 Å². The summed E-state index contributed by atoms with van der Waals surface area (Å²) in [6.07, 6.45) is 3.51. The highest BCUT2D eigenvalue weighted by atomic mass is 19.1. The number of ether oxygens (including phenoxy) is 1. The predicted molar refractivity (Wildman–Crippen MR) is 72.9 cm³/mol. The summed E-state index contributed by atoms with van der Waals surface area (Å²) in [7, 11) is 1.47. The molecule has 1 N–H and O–H groups in total. The molecular weight excluding hydrogens is 245 g/mol. The first-order valence-electron chi connectivity index (χ1n) is 6.20. The Kier molecular flexibility index (Phi) is 4.04. The number of benzene rings is 1. The number of nitrogens with one attached hydrogen (secondary N) is 1. The lowest BCUT2D eigenvalue weighted by Crippen LogP contribution is -2.30. The van der Waals surface area contributed by atoms with Crippen LogP contribution in [0, 0.1) is 5.82 Å². The minimum absolute atomic E-state index is 0.252. The fourth-order valence-electron chi connectivity index (χ4n) is 1.94. The number of nitrogens with zero attached hydrogens (tertiary/aromatic N) is 2. The lowest BCUT2D eigenvalue weighted by Gasteiger charge is -2.28. The zero-order valence-corrected chi connectivity index (χ0v) is 11.4. The monoisotopic (exact) mass is 263 g/mol. The van der Waals surface area contributed by atoms with Crippen molar-refractivity contribution in [2.75, 3.05) is 12.0 Å². The van der Waals surface area contributed by atoms with Crippen LogP contribution >= 0.6 is 0 Å². The number of H-pyrrole nitrogens is 1. The number of methoxy groups -OCH3 is 1. The van der Waals surface area contributed by atoms with Crippen LogP contribution in [0.5, 0.6) is 5.75 Å². The van der Waals surface area contributed by atoms with E-state index in [0.29, 0.717) is 6.54 Å². The van der Waals surface area contributed by atoms with Crippen LogP contribution in [0.25, 0.3) is 0 Å². The lowest BCUT2D eigenvalue weighted by atomic mass is 10.2. The van der Waals surface area contributed by atoms with Gasteiger partial charge in [-0.1, -0.05) is 0 Å². The minimum Gasteiger partial charge on any atom is -0.494 e. The number of aromatic nitrogens is 2. The van der Waals surface area contributed by atoms with Gasteiger partial charge < -0.3 is 14.6 Å². The van der Waals surface area contributed by atoms with Gasteiger partial charge in [-0.05, 0) is 26.0 Å². The van der Waals surface area contributed by atoms with Crippen molar-refractivity contribution < 1.29 is 9.13 Å². The summed E-state index contributed by atoms with van der Waals surface area (Å²) in [6.45, 7) is 4.80. The third-order valence-corrected chi connectivity index (χ3v) is 2.96. The molecule has 0 radical (unpaired) electrons. The minimum atomic E-state index is -0.354. The van der Waals surface area contributed by atoms with Crippen molar-refractivity contribution in [2.45, 2.75) is 26.4 Å². The molecule has 4 nitrogen and oxygen atoms in total. The van der Waals surface area contributed by atoms with Gasteiger partial charge in [0.2, 0.25) is 0 Å². The van der Waals surface area contributed by atoms with Crippen LogP contribution in [0.3, 0.4) is 0 Å². The van der Waals surface area contributed by atoms with Crippen molar-refractivity contribution in [1.29, 1.82) is 0 Å². The largest absolute Gasteiger partial charge is 0.494 e. The highest BCUT2D eigenvalue weighted by Crippen LogP contribution is 2.26. The van der Waals surface area contributed by atoms with Gasteiger partial charge in [0.15, 0.2) is 11.6 Å². The Balaban J connectivity index is 2.28. The Labute approximate surface area is 112 Å². The first-order chi connectivity index (χ1) is 9.11. The maximum Gasteiger partial charge on any atom is 0.165 e. The number of halogens is 1. The molecule has 0 saturated heterocycles. The van der Waals surface area contributed by atoms with Gasteiger partial charge in [0.05, 0.1) is 13.7 Å². The average molecular weight is 263 g/mol. The summed E-state index contributed by atoms with van der Waals surface area (Å²) in [4.78, 5) is 9.42. The molecule has 0 unspecified atom stereocenters. The Morgan fingerprint density at radius 3 is 2.79 bits per heavy atom. The first kappa shape index (κ1) is 13.4. The predicted octanol–water partition coefficient (Wildman–Crippen LogP) is 2.97. The molecule has 0 saturated carbocycles. The fourth-order valence-corrected chi connectivity index (χ4v) is 1.94. The van der Waals surface area contributed by atoms with Crippen LogP contribution in [-0.4, -0.2) is 23.1 Å². The van der Waals surface area contributed by atoms with Gasteiger partial charge >= 0.3 is 0 Å². The average Bonchev–Trinajstić information content (AvgIpc) is 2.89. The topological polar surface area (TPSA) is 41.1 Å². The van der Waals surface area contributed by atoms with Gasteiger partial charge in [0.25, 0.3) is 0 Å². The lowest BCUT2D eigenvalue weighted by molar-refractivity contribution is 0.386. The molecule has 1 heterocycles. The van der Waals surface area contributed by atoms with Gasteiger partial charge in [0, 0.05) is 30.2 Å². The van der Waals surface area contributed by atoms with Crippen molar-refractivity contribution in [3.8, 4) is 5.75 Å². The van der Waals surface area contributed by atoms with Crippen molar-refractivity contribution in [2.24, 2.45) is 0 Å². The SMILES string of the molecule is COc1cc(N(Cc2ncc[nH]2)C(C)C)ccc1F. The van der Waals surface area contributed by atoms with E-state index in [0.717, 1.165) is 11.5 Å². The summed E-state index contributed by atoms with van der Waals surface area (Å²) in [5.74, 6) is 0.771. The molecule has 1 aromatic carbocycles. The number of hydrogen-bond acceptors (Lipinski definition) is 3. The standard InChI is InChI=1S/C14H18FN3O/c1-10(2)18(9-14-16-6-7-17-14)11-4-5-12(15)13(8-11)19-3/h4-8,10H,9H2,1-3H3,(H,16,17). The van der Waals surface area contributed by atoms with E-state index in [4.69, 9.17) is 4.74 Å². The van der Waals surface area contributed by atoms with Gasteiger partial charge in [-0.25, -0.2) is 9.37 Å². The number of aromatic amines is 1. The molecule has 19 heavy (non-hydrogen) atoms. The second kappa shape index (κ2) is 5.73. The summed E-state index contributed by atoms with van der Waals surface area (Å²) >= 11 is 0. The fraction of sp³-hybridized carbons (Fsp3) is 0.357. The molecule has 1 aromatic heterocycles. The smallest absolute Gasteiger partial charge is 0.165 e. The second-order valence-electron chi connectivity index (χ2n) is 4.58. The third kappa shape index (κ3) is 3.05. The number of anilines is 1. The van der Waals surface area contributed by atoms with E-state index in [1.165, 1.54) is 13.2 Å². The van der Waals surface area contributed by atoms with E-state index >= 15 is 0 Å². The van der Waals surface area contributed by atoms with Crippen LogP contribution in [0.2, 0.25) is 0 Å². The molecule has 2 aromatic rings. The zero-order valence-electron chi connectivity index (χ0n) is 11.4. The van der Waals surface area contributed by atoms with Crippen LogP contribution in [0.15, 0.2) is 30.6 Å². The normalized spacial score (nSPS) is 10.8. The molecule has 0 fully saturated rings.